The first-order chi connectivity index (χ1) is 16.8. The summed E-state index contributed by atoms with van der Waals surface area (Å²) in [6.07, 6.45) is 0. The number of methoxy groups -OCH3 is 2. The average Bonchev–Trinajstić information content (AvgIpc) is 3.12. The van der Waals surface area contributed by atoms with Crippen LogP contribution in [-0.4, -0.2) is 25.0 Å². The molecule has 5 rings (SSSR count). The van der Waals surface area contributed by atoms with Crippen LogP contribution in [0.3, 0.4) is 0 Å². The molecule has 4 aromatic rings. The third-order valence-corrected chi connectivity index (χ3v) is 6.59. The van der Waals surface area contributed by atoms with Crippen LogP contribution in [0, 0.1) is 20.8 Å². The Balaban J connectivity index is 1.75. The number of fused-ring (bicyclic) bond motifs is 2. The van der Waals surface area contributed by atoms with Crippen LogP contribution in [0.4, 0.5) is 0 Å². The topological polar surface area (TPSA) is 69.0 Å². The van der Waals surface area contributed by atoms with Crippen molar-refractivity contribution in [2.75, 3.05) is 14.2 Å². The van der Waals surface area contributed by atoms with E-state index < -0.39 is 6.04 Å². The van der Waals surface area contributed by atoms with Crippen molar-refractivity contribution >= 4 is 16.9 Å². The number of ether oxygens (including phenoxy) is 2. The summed E-state index contributed by atoms with van der Waals surface area (Å²) in [6, 6.07) is 16.6. The summed E-state index contributed by atoms with van der Waals surface area (Å²) in [5.74, 6) is 0.890. The minimum Gasteiger partial charge on any atom is -0.493 e. The lowest BCUT2D eigenvalue weighted by atomic mass is 9.96. The fourth-order valence-electron chi connectivity index (χ4n) is 4.90. The summed E-state index contributed by atoms with van der Waals surface area (Å²) in [5, 5.41) is 0.483. The van der Waals surface area contributed by atoms with Gasteiger partial charge in [-0.25, -0.2) is 0 Å². The zero-order valence-electron chi connectivity index (χ0n) is 20.5. The second-order valence-corrected chi connectivity index (χ2v) is 9.07. The van der Waals surface area contributed by atoms with Crippen LogP contribution < -0.4 is 14.9 Å². The molecule has 1 atom stereocenters. The van der Waals surface area contributed by atoms with Gasteiger partial charge in [0.25, 0.3) is 5.91 Å². The van der Waals surface area contributed by atoms with Gasteiger partial charge in [-0.1, -0.05) is 42.0 Å². The summed E-state index contributed by atoms with van der Waals surface area (Å²) in [5.41, 5.74) is 5.26. The van der Waals surface area contributed by atoms with Gasteiger partial charge in [0, 0.05) is 6.54 Å². The minimum atomic E-state index is -0.625. The lowest BCUT2D eigenvalue weighted by molar-refractivity contribution is 0.0714. The number of amides is 1. The Morgan fingerprint density at radius 2 is 1.57 bits per heavy atom. The quantitative estimate of drug-likeness (QED) is 0.387. The molecule has 35 heavy (non-hydrogen) atoms. The maximum atomic E-state index is 13.9. The molecule has 0 saturated carbocycles. The molecule has 0 bridgehead atoms. The van der Waals surface area contributed by atoms with Gasteiger partial charge in [-0.2, -0.15) is 0 Å². The minimum absolute atomic E-state index is 0.0985. The molecule has 1 aromatic heterocycles. The molecule has 0 N–H and O–H groups in total. The SMILES string of the molecule is COc1ccc(C2c3c(oc4c(C)cc(C)cc4c3=O)C(=O)N2Cc2ccc(C)cc2)cc1OC. The first kappa shape index (κ1) is 22.7. The number of benzene rings is 3. The Morgan fingerprint density at radius 3 is 2.26 bits per heavy atom. The number of aryl methyl sites for hydroxylation is 3. The van der Waals surface area contributed by atoms with E-state index >= 15 is 0 Å². The summed E-state index contributed by atoms with van der Waals surface area (Å²) < 4.78 is 17.1. The number of carbonyl (C=O) groups is 1. The van der Waals surface area contributed by atoms with E-state index in [1.807, 2.05) is 69.3 Å². The number of rotatable bonds is 5. The fourth-order valence-corrected chi connectivity index (χ4v) is 4.90. The number of nitrogens with zero attached hydrogens (tertiary/aromatic N) is 1. The molecule has 0 radical (unpaired) electrons. The molecule has 6 heteroatoms. The lowest BCUT2D eigenvalue weighted by Gasteiger charge is -2.26. The predicted octanol–water partition coefficient (Wildman–Crippen LogP) is 5.48. The highest BCUT2D eigenvalue weighted by Crippen LogP contribution is 2.42. The molecule has 1 aliphatic rings. The van der Waals surface area contributed by atoms with E-state index in [2.05, 4.69) is 0 Å². The molecule has 0 saturated heterocycles. The van der Waals surface area contributed by atoms with Crippen LogP contribution in [0.15, 0.2) is 63.8 Å². The molecule has 1 aliphatic heterocycles. The van der Waals surface area contributed by atoms with Gasteiger partial charge in [0.2, 0.25) is 5.76 Å². The van der Waals surface area contributed by atoms with Crippen LogP contribution in [0.25, 0.3) is 11.0 Å². The van der Waals surface area contributed by atoms with Gasteiger partial charge in [-0.3, -0.25) is 9.59 Å². The first-order valence-corrected chi connectivity index (χ1v) is 11.5. The van der Waals surface area contributed by atoms with Crippen LogP contribution in [-0.2, 0) is 6.54 Å². The molecule has 1 unspecified atom stereocenters. The summed E-state index contributed by atoms with van der Waals surface area (Å²) in [4.78, 5) is 29.3. The Hall–Kier alpha value is -4.06. The summed E-state index contributed by atoms with van der Waals surface area (Å²) in [6.45, 7) is 6.18. The zero-order valence-corrected chi connectivity index (χ0v) is 20.5. The highest BCUT2D eigenvalue weighted by Gasteiger charge is 2.43. The van der Waals surface area contributed by atoms with Gasteiger partial charge in [0.1, 0.15) is 5.58 Å². The van der Waals surface area contributed by atoms with Crippen molar-refractivity contribution in [3.8, 4) is 11.5 Å². The van der Waals surface area contributed by atoms with Gasteiger partial charge in [-0.05, 0) is 61.2 Å². The molecular weight excluding hydrogens is 442 g/mol. The van der Waals surface area contributed by atoms with Gasteiger partial charge in [-0.15, -0.1) is 0 Å². The summed E-state index contributed by atoms with van der Waals surface area (Å²) >= 11 is 0. The van der Waals surface area contributed by atoms with Gasteiger partial charge >= 0.3 is 0 Å². The van der Waals surface area contributed by atoms with Crippen molar-refractivity contribution in [3.05, 3.63) is 104 Å². The van der Waals surface area contributed by atoms with Gasteiger partial charge < -0.3 is 18.8 Å². The molecule has 0 spiro atoms. The van der Waals surface area contributed by atoms with Crippen LogP contribution in [0.2, 0.25) is 0 Å². The molecular formula is C29H27NO5. The normalized spacial score (nSPS) is 14.9. The molecule has 6 nitrogen and oxygen atoms in total. The molecule has 1 amide bonds. The fraction of sp³-hybridized carbons (Fsp3) is 0.241. The molecule has 2 heterocycles. The highest BCUT2D eigenvalue weighted by atomic mass is 16.5. The van der Waals surface area contributed by atoms with E-state index in [4.69, 9.17) is 13.9 Å². The van der Waals surface area contributed by atoms with Crippen LogP contribution in [0.1, 0.15) is 50.0 Å². The van der Waals surface area contributed by atoms with E-state index in [-0.39, 0.29) is 17.1 Å². The molecule has 178 valence electrons. The zero-order chi connectivity index (χ0) is 24.9. The third kappa shape index (κ3) is 3.75. The lowest BCUT2D eigenvalue weighted by Crippen LogP contribution is -2.29. The van der Waals surface area contributed by atoms with Crippen molar-refractivity contribution in [1.82, 2.24) is 4.90 Å². The smallest absolute Gasteiger partial charge is 0.291 e. The Labute approximate surface area is 203 Å². The number of hydrogen-bond donors (Lipinski definition) is 0. The van der Waals surface area contributed by atoms with E-state index in [1.54, 1.807) is 25.2 Å². The van der Waals surface area contributed by atoms with Crippen molar-refractivity contribution < 1.29 is 18.7 Å². The van der Waals surface area contributed by atoms with E-state index in [9.17, 15) is 9.59 Å². The van der Waals surface area contributed by atoms with Crippen molar-refractivity contribution in [1.29, 1.82) is 0 Å². The maximum absolute atomic E-state index is 13.9. The van der Waals surface area contributed by atoms with Crippen molar-refractivity contribution in [3.63, 3.8) is 0 Å². The average molecular weight is 470 g/mol. The van der Waals surface area contributed by atoms with Crippen molar-refractivity contribution in [2.45, 2.75) is 33.4 Å². The molecule has 0 aliphatic carbocycles. The molecule has 3 aromatic carbocycles. The highest BCUT2D eigenvalue weighted by molar-refractivity contribution is 5.99. The Bertz CT molecular complexity index is 1520. The second kappa shape index (κ2) is 8.62. The van der Waals surface area contributed by atoms with E-state index in [0.717, 1.165) is 27.8 Å². The maximum Gasteiger partial charge on any atom is 0.291 e. The van der Waals surface area contributed by atoms with Gasteiger partial charge in [0.15, 0.2) is 16.9 Å². The van der Waals surface area contributed by atoms with E-state index in [1.165, 1.54) is 0 Å². The largest absolute Gasteiger partial charge is 0.493 e. The standard InChI is InChI=1S/C29H27NO5/c1-16-6-8-19(9-7-16)15-30-25(20-10-11-22(33-4)23(14-20)34-5)24-26(31)21-13-17(2)12-18(3)27(21)35-28(24)29(30)32/h6-14,25H,15H2,1-5H3. The second-order valence-electron chi connectivity index (χ2n) is 9.07. The molecule has 0 fully saturated rings. The van der Waals surface area contributed by atoms with Crippen LogP contribution in [0.5, 0.6) is 11.5 Å². The van der Waals surface area contributed by atoms with Crippen LogP contribution >= 0.6 is 0 Å². The van der Waals surface area contributed by atoms with E-state index in [0.29, 0.717) is 34.6 Å². The Kier molecular flexibility index (Phi) is 5.59. The van der Waals surface area contributed by atoms with Crippen molar-refractivity contribution in [2.24, 2.45) is 0 Å². The monoisotopic (exact) mass is 469 g/mol. The van der Waals surface area contributed by atoms with Gasteiger partial charge in [0.05, 0.1) is 31.2 Å². The number of hydrogen-bond acceptors (Lipinski definition) is 5. The third-order valence-electron chi connectivity index (χ3n) is 6.59. The number of carbonyl (C=O) groups excluding carboxylic acids is 1. The predicted molar refractivity (Wildman–Crippen MR) is 134 cm³/mol. The first-order valence-electron chi connectivity index (χ1n) is 11.5. The Morgan fingerprint density at radius 1 is 0.857 bits per heavy atom. The summed E-state index contributed by atoms with van der Waals surface area (Å²) in [7, 11) is 3.13.